The van der Waals surface area contributed by atoms with E-state index in [4.69, 9.17) is 20.5 Å². The number of hydrogen-bond donors (Lipinski definition) is 4. The molecular weight excluding hydrogens is 218 g/mol. The van der Waals surface area contributed by atoms with Gasteiger partial charge in [0.25, 0.3) is 0 Å². The number of rotatable bonds is 6. The number of aliphatic hydroxyl groups is 2. The van der Waals surface area contributed by atoms with Gasteiger partial charge in [0.05, 0.1) is 6.10 Å². The Morgan fingerprint density at radius 3 is 2.21 bits per heavy atom. The molecule has 0 amide bonds. The molecule has 0 aliphatic carbocycles. The van der Waals surface area contributed by atoms with E-state index in [9.17, 15) is 13.2 Å². The fourth-order valence-corrected chi connectivity index (χ4v) is 1.10. The third-order valence-corrected chi connectivity index (χ3v) is 1.80. The van der Waals surface area contributed by atoms with Crippen molar-refractivity contribution in [2.45, 2.75) is 18.3 Å². The van der Waals surface area contributed by atoms with Gasteiger partial charge >= 0.3 is 10.4 Å². The molecule has 0 saturated heterocycles. The fourth-order valence-electron chi connectivity index (χ4n) is 0.659. The highest BCUT2D eigenvalue weighted by Gasteiger charge is 2.29. The molecule has 0 unspecified atom stereocenters. The monoisotopic (exact) mass is 229 g/mol. The molecule has 3 atom stereocenters. The van der Waals surface area contributed by atoms with Gasteiger partial charge in [-0.05, 0) is 0 Å². The van der Waals surface area contributed by atoms with Gasteiger partial charge in [0, 0.05) is 6.54 Å². The highest BCUT2D eigenvalue weighted by molar-refractivity contribution is 7.80. The Labute approximate surface area is 80.2 Å². The van der Waals surface area contributed by atoms with Crippen LogP contribution in [-0.2, 0) is 19.4 Å². The Hall–Kier alpha value is -0.580. The molecule has 0 spiro atoms. The first-order valence-corrected chi connectivity index (χ1v) is 4.85. The van der Waals surface area contributed by atoms with Crippen LogP contribution in [0, 0.1) is 0 Å². The molecule has 14 heavy (non-hydrogen) atoms. The van der Waals surface area contributed by atoms with Gasteiger partial charge in [0.2, 0.25) is 0 Å². The summed E-state index contributed by atoms with van der Waals surface area (Å²) in [5, 5.41) is 18.0. The highest BCUT2D eigenvalue weighted by atomic mass is 32.3. The first-order chi connectivity index (χ1) is 6.31. The van der Waals surface area contributed by atoms with Crippen LogP contribution in [0.1, 0.15) is 0 Å². The van der Waals surface area contributed by atoms with Crippen molar-refractivity contribution in [1.29, 1.82) is 0 Å². The molecule has 0 fully saturated rings. The topological polar surface area (TPSA) is 147 Å². The van der Waals surface area contributed by atoms with E-state index in [0.717, 1.165) is 0 Å². The number of hydrogen-bond acceptors (Lipinski definition) is 7. The summed E-state index contributed by atoms with van der Waals surface area (Å²) in [6, 6.07) is 0. The summed E-state index contributed by atoms with van der Waals surface area (Å²) in [5.41, 5.74) is 4.94. The summed E-state index contributed by atoms with van der Waals surface area (Å²) in [4.78, 5) is 10.2. The van der Waals surface area contributed by atoms with E-state index < -0.39 is 28.7 Å². The van der Waals surface area contributed by atoms with Crippen molar-refractivity contribution in [3.8, 4) is 0 Å². The van der Waals surface area contributed by atoms with Crippen LogP contribution in [0.3, 0.4) is 0 Å². The lowest BCUT2D eigenvalue weighted by Crippen LogP contribution is -2.44. The minimum Gasteiger partial charge on any atom is -0.389 e. The molecule has 0 aliphatic heterocycles. The first-order valence-electron chi connectivity index (χ1n) is 3.49. The predicted octanol–water partition coefficient (Wildman–Crippen LogP) is -2.95. The maximum Gasteiger partial charge on any atom is 0.398 e. The molecule has 0 radical (unpaired) electrons. The molecule has 8 nitrogen and oxygen atoms in total. The SMILES string of the molecule is NC[C@@H](O)[C@@H](O)[C@H](C=O)OS(=O)(=O)O. The summed E-state index contributed by atoms with van der Waals surface area (Å²) in [6.45, 7) is -0.389. The first kappa shape index (κ1) is 13.4. The van der Waals surface area contributed by atoms with Gasteiger partial charge in [-0.2, -0.15) is 8.42 Å². The minimum absolute atomic E-state index is 0.0721. The quantitative estimate of drug-likeness (QED) is 0.279. The van der Waals surface area contributed by atoms with E-state index >= 15 is 0 Å². The summed E-state index contributed by atoms with van der Waals surface area (Å²) in [6.07, 6.45) is -5.30. The van der Waals surface area contributed by atoms with Crippen molar-refractivity contribution < 1.29 is 32.2 Å². The Balaban J connectivity index is 4.49. The lowest BCUT2D eigenvalue weighted by Gasteiger charge is -2.20. The van der Waals surface area contributed by atoms with Crippen molar-refractivity contribution in [2.75, 3.05) is 6.54 Å². The lowest BCUT2D eigenvalue weighted by atomic mass is 10.1. The number of aliphatic hydroxyl groups excluding tert-OH is 2. The van der Waals surface area contributed by atoms with Crippen LogP contribution in [-0.4, -0.2) is 54.3 Å². The number of aldehydes is 1. The molecule has 0 aromatic heterocycles. The summed E-state index contributed by atoms with van der Waals surface area (Å²) >= 11 is 0. The molecule has 0 rings (SSSR count). The van der Waals surface area contributed by atoms with E-state index in [-0.39, 0.29) is 12.8 Å². The molecule has 9 heteroatoms. The number of carbonyl (C=O) groups excluding carboxylic acids is 1. The van der Waals surface area contributed by atoms with E-state index in [1.165, 1.54) is 0 Å². The average Bonchev–Trinajstić information content (AvgIpc) is 2.10. The molecule has 5 N–H and O–H groups in total. The normalized spacial score (nSPS) is 18.6. The number of nitrogens with two attached hydrogens (primary N) is 1. The second-order valence-electron chi connectivity index (χ2n) is 2.42. The Morgan fingerprint density at radius 1 is 1.43 bits per heavy atom. The van der Waals surface area contributed by atoms with Crippen LogP contribution in [0.5, 0.6) is 0 Å². The molecule has 84 valence electrons. The van der Waals surface area contributed by atoms with Crippen LogP contribution < -0.4 is 5.73 Å². The summed E-state index contributed by atoms with van der Waals surface area (Å²) in [7, 11) is -4.87. The zero-order valence-electron chi connectivity index (χ0n) is 6.98. The van der Waals surface area contributed by atoms with Crippen LogP contribution in [0.15, 0.2) is 0 Å². The molecule has 0 heterocycles. The molecule has 0 bridgehead atoms. The van der Waals surface area contributed by atoms with Gasteiger partial charge in [0.1, 0.15) is 6.10 Å². The molecule has 0 saturated carbocycles. The van der Waals surface area contributed by atoms with Gasteiger partial charge in [0.15, 0.2) is 12.4 Å². The zero-order chi connectivity index (χ0) is 11.4. The van der Waals surface area contributed by atoms with E-state index in [2.05, 4.69) is 4.18 Å². The minimum atomic E-state index is -4.87. The maximum atomic E-state index is 10.2. The van der Waals surface area contributed by atoms with Gasteiger partial charge in [-0.25, -0.2) is 4.18 Å². The average molecular weight is 229 g/mol. The Morgan fingerprint density at radius 2 is 1.93 bits per heavy atom. The van der Waals surface area contributed by atoms with Gasteiger partial charge in [-0.15, -0.1) is 0 Å². The third kappa shape index (κ3) is 4.60. The Bertz CT molecular complexity index is 276. The lowest BCUT2D eigenvalue weighted by molar-refractivity contribution is -0.123. The molecular formula is C5H11NO7S. The predicted molar refractivity (Wildman–Crippen MR) is 43.6 cm³/mol. The second kappa shape index (κ2) is 5.34. The highest BCUT2D eigenvalue weighted by Crippen LogP contribution is 2.04. The van der Waals surface area contributed by atoms with E-state index in [1.54, 1.807) is 0 Å². The van der Waals surface area contributed by atoms with Crippen molar-refractivity contribution in [2.24, 2.45) is 5.73 Å². The smallest absolute Gasteiger partial charge is 0.389 e. The van der Waals surface area contributed by atoms with Crippen LogP contribution in [0.2, 0.25) is 0 Å². The second-order valence-corrected chi connectivity index (χ2v) is 3.47. The van der Waals surface area contributed by atoms with Crippen LogP contribution in [0.4, 0.5) is 0 Å². The molecule has 0 aliphatic rings. The fraction of sp³-hybridized carbons (Fsp3) is 0.800. The third-order valence-electron chi connectivity index (χ3n) is 1.34. The van der Waals surface area contributed by atoms with Crippen molar-refractivity contribution in [1.82, 2.24) is 0 Å². The van der Waals surface area contributed by atoms with Crippen molar-refractivity contribution in [3.05, 3.63) is 0 Å². The van der Waals surface area contributed by atoms with Gasteiger partial charge in [-0.1, -0.05) is 0 Å². The molecule has 0 aromatic rings. The van der Waals surface area contributed by atoms with Crippen molar-refractivity contribution in [3.63, 3.8) is 0 Å². The molecule has 0 aromatic carbocycles. The summed E-state index contributed by atoms with van der Waals surface area (Å²) < 4.78 is 32.3. The number of carbonyl (C=O) groups is 1. The van der Waals surface area contributed by atoms with Gasteiger partial charge in [-0.3, -0.25) is 4.55 Å². The Kier molecular flexibility index (Phi) is 5.12. The summed E-state index contributed by atoms with van der Waals surface area (Å²) in [5.74, 6) is 0. The van der Waals surface area contributed by atoms with Gasteiger partial charge < -0.3 is 20.7 Å². The standard InChI is InChI=1S/C5H11NO7S/c6-1-3(8)5(9)4(2-7)13-14(10,11)12/h2-5,8-9H,1,6H2,(H,10,11,12)/t3-,4+,5-/m1/s1. The maximum absolute atomic E-state index is 10.2. The van der Waals surface area contributed by atoms with E-state index in [1.807, 2.05) is 0 Å². The van der Waals surface area contributed by atoms with E-state index in [0.29, 0.717) is 0 Å². The van der Waals surface area contributed by atoms with Crippen LogP contribution >= 0.6 is 0 Å². The largest absolute Gasteiger partial charge is 0.398 e. The van der Waals surface area contributed by atoms with Crippen LogP contribution in [0.25, 0.3) is 0 Å². The zero-order valence-corrected chi connectivity index (χ0v) is 7.79. The van der Waals surface area contributed by atoms with Crippen molar-refractivity contribution >= 4 is 16.7 Å².